The predicted octanol–water partition coefficient (Wildman–Crippen LogP) is 2.34. The van der Waals surface area contributed by atoms with Crippen LogP contribution in [0.2, 0.25) is 0 Å². The van der Waals surface area contributed by atoms with E-state index < -0.39 is 0 Å². The maximum absolute atomic E-state index is 11.2. The first-order valence-corrected chi connectivity index (χ1v) is 4.81. The smallest absolute Gasteiger partial charge is 0.246 e. The summed E-state index contributed by atoms with van der Waals surface area (Å²) in [4.78, 5) is 12.7. The van der Waals surface area contributed by atoms with Gasteiger partial charge in [0.1, 0.15) is 0 Å². The normalized spacial score (nSPS) is 11.1. The predicted molar refractivity (Wildman–Crippen MR) is 63.3 cm³/mol. The molecule has 2 heteroatoms. The molecule has 0 aromatic heterocycles. The van der Waals surface area contributed by atoms with E-state index in [2.05, 4.69) is 0 Å². The van der Waals surface area contributed by atoms with Crippen molar-refractivity contribution in [3.05, 3.63) is 54.1 Å². The molecule has 0 radical (unpaired) electrons. The van der Waals surface area contributed by atoms with Gasteiger partial charge < -0.3 is 4.90 Å². The van der Waals surface area contributed by atoms with E-state index in [1.165, 1.54) is 4.90 Å². The Kier molecular flexibility index (Phi) is 4.35. The molecule has 0 spiro atoms. The van der Waals surface area contributed by atoms with Crippen molar-refractivity contribution in [3.8, 4) is 0 Å². The molecule has 0 N–H and O–H groups in total. The highest BCUT2D eigenvalue weighted by atomic mass is 16.2. The van der Waals surface area contributed by atoms with Crippen LogP contribution in [0.1, 0.15) is 5.56 Å². The number of likely N-dealkylation sites (N-methyl/N-ethyl adjacent to an activating group) is 1. The quantitative estimate of drug-likeness (QED) is 0.543. The Bertz CT molecular complexity index is 363. The Morgan fingerprint density at radius 1 is 1.13 bits per heavy atom. The molecule has 1 aromatic rings. The summed E-state index contributed by atoms with van der Waals surface area (Å²) in [5, 5.41) is 0. The van der Waals surface area contributed by atoms with Crippen LogP contribution in [0, 0.1) is 0 Å². The lowest BCUT2D eigenvalue weighted by atomic mass is 10.2. The van der Waals surface area contributed by atoms with Gasteiger partial charge in [-0.3, -0.25) is 4.79 Å². The van der Waals surface area contributed by atoms with Crippen LogP contribution in [0.5, 0.6) is 0 Å². The van der Waals surface area contributed by atoms with Crippen molar-refractivity contribution in [2.75, 3.05) is 14.1 Å². The minimum Gasteiger partial charge on any atom is -0.345 e. The second kappa shape index (κ2) is 5.81. The van der Waals surface area contributed by atoms with Crippen molar-refractivity contribution in [2.45, 2.75) is 0 Å². The molecular weight excluding hydrogens is 186 g/mol. The first-order chi connectivity index (χ1) is 7.20. The molecule has 2 nitrogen and oxygen atoms in total. The molecule has 0 aliphatic heterocycles. The van der Waals surface area contributed by atoms with Gasteiger partial charge >= 0.3 is 0 Å². The minimum atomic E-state index is -0.00675. The van der Waals surface area contributed by atoms with Gasteiger partial charge in [-0.15, -0.1) is 0 Å². The van der Waals surface area contributed by atoms with Gasteiger partial charge in [-0.25, -0.2) is 0 Å². The fraction of sp³-hybridized carbons (Fsp3) is 0.154. The number of allylic oxidation sites excluding steroid dienone is 2. The Balaban J connectivity index is 2.50. The molecule has 0 atom stereocenters. The SMILES string of the molecule is CN(C)C(=O)/C=C\C=C\c1ccccc1. The van der Waals surface area contributed by atoms with Crippen LogP contribution in [-0.2, 0) is 4.79 Å². The van der Waals surface area contributed by atoms with Crippen molar-refractivity contribution in [2.24, 2.45) is 0 Å². The summed E-state index contributed by atoms with van der Waals surface area (Å²) >= 11 is 0. The van der Waals surface area contributed by atoms with Gasteiger partial charge in [0.15, 0.2) is 0 Å². The Labute approximate surface area is 90.5 Å². The summed E-state index contributed by atoms with van der Waals surface area (Å²) < 4.78 is 0. The highest BCUT2D eigenvalue weighted by Gasteiger charge is 1.94. The van der Waals surface area contributed by atoms with E-state index in [0.717, 1.165) is 5.56 Å². The standard InChI is InChI=1S/C13H15NO/c1-14(2)13(15)11-7-6-10-12-8-4-3-5-9-12/h3-11H,1-2H3/b10-6+,11-7-. The molecule has 1 rings (SSSR count). The average Bonchev–Trinajstić information content (AvgIpc) is 2.25. The van der Waals surface area contributed by atoms with Crippen molar-refractivity contribution >= 4 is 12.0 Å². The van der Waals surface area contributed by atoms with Gasteiger partial charge in [-0.2, -0.15) is 0 Å². The van der Waals surface area contributed by atoms with Crippen LogP contribution in [0.15, 0.2) is 48.6 Å². The Morgan fingerprint density at radius 3 is 2.40 bits per heavy atom. The third-order valence-electron chi connectivity index (χ3n) is 1.88. The molecule has 0 unspecified atom stereocenters. The number of nitrogens with zero attached hydrogens (tertiary/aromatic N) is 1. The lowest BCUT2D eigenvalue weighted by molar-refractivity contribution is -0.123. The van der Waals surface area contributed by atoms with Crippen molar-refractivity contribution in [3.63, 3.8) is 0 Å². The minimum absolute atomic E-state index is 0.00675. The molecule has 1 aromatic carbocycles. The zero-order chi connectivity index (χ0) is 11.1. The van der Waals surface area contributed by atoms with Crippen LogP contribution in [0.4, 0.5) is 0 Å². The largest absolute Gasteiger partial charge is 0.345 e. The van der Waals surface area contributed by atoms with E-state index in [9.17, 15) is 4.79 Å². The van der Waals surface area contributed by atoms with Gasteiger partial charge in [0, 0.05) is 20.2 Å². The number of benzene rings is 1. The van der Waals surface area contributed by atoms with Gasteiger partial charge in [0.05, 0.1) is 0 Å². The lowest BCUT2D eigenvalue weighted by Gasteiger charge is -2.04. The van der Waals surface area contributed by atoms with E-state index >= 15 is 0 Å². The molecule has 0 bridgehead atoms. The van der Waals surface area contributed by atoms with Crippen LogP contribution in [-0.4, -0.2) is 24.9 Å². The molecule has 0 saturated carbocycles. The highest BCUT2D eigenvalue weighted by molar-refractivity contribution is 5.87. The first-order valence-electron chi connectivity index (χ1n) is 4.81. The fourth-order valence-corrected chi connectivity index (χ4v) is 1.02. The third-order valence-corrected chi connectivity index (χ3v) is 1.88. The molecule has 78 valence electrons. The molecule has 0 fully saturated rings. The molecular formula is C13H15NO. The van der Waals surface area contributed by atoms with Gasteiger partial charge in [-0.1, -0.05) is 48.6 Å². The van der Waals surface area contributed by atoms with Crippen LogP contribution >= 0.6 is 0 Å². The van der Waals surface area contributed by atoms with E-state index in [4.69, 9.17) is 0 Å². The molecule has 15 heavy (non-hydrogen) atoms. The first kappa shape index (κ1) is 11.2. The lowest BCUT2D eigenvalue weighted by Crippen LogP contribution is -2.18. The molecule has 0 aliphatic rings. The van der Waals surface area contributed by atoms with Gasteiger partial charge in [0.25, 0.3) is 0 Å². The average molecular weight is 201 g/mol. The van der Waals surface area contributed by atoms with Crippen LogP contribution in [0.25, 0.3) is 6.08 Å². The Morgan fingerprint density at radius 2 is 1.80 bits per heavy atom. The van der Waals surface area contributed by atoms with Crippen molar-refractivity contribution in [1.82, 2.24) is 4.90 Å². The number of hydrogen-bond donors (Lipinski definition) is 0. The van der Waals surface area contributed by atoms with E-state index in [1.807, 2.05) is 42.5 Å². The number of carbonyl (C=O) groups is 1. The summed E-state index contributed by atoms with van der Waals surface area (Å²) in [5.74, 6) is -0.00675. The van der Waals surface area contributed by atoms with E-state index in [-0.39, 0.29) is 5.91 Å². The summed E-state index contributed by atoms with van der Waals surface area (Å²) in [7, 11) is 3.46. The number of hydrogen-bond acceptors (Lipinski definition) is 1. The third kappa shape index (κ3) is 4.27. The summed E-state index contributed by atoms with van der Waals surface area (Å²) in [6.45, 7) is 0. The summed E-state index contributed by atoms with van der Waals surface area (Å²) in [6, 6.07) is 9.96. The maximum Gasteiger partial charge on any atom is 0.246 e. The zero-order valence-electron chi connectivity index (χ0n) is 9.05. The highest BCUT2D eigenvalue weighted by Crippen LogP contribution is 2.00. The number of rotatable bonds is 3. The monoisotopic (exact) mass is 201 g/mol. The maximum atomic E-state index is 11.2. The molecule has 0 saturated heterocycles. The van der Waals surface area contributed by atoms with Crippen LogP contribution in [0.3, 0.4) is 0 Å². The second-order valence-corrected chi connectivity index (χ2v) is 3.36. The van der Waals surface area contributed by atoms with Crippen LogP contribution < -0.4 is 0 Å². The van der Waals surface area contributed by atoms with Gasteiger partial charge in [-0.05, 0) is 5.56 Å². The summed E-state index contributed by atoms with van der Waals surface area (Å²) in [6.07, 6.45) is 7.10. The van der Waals surface area contributed by atoms with Gasteiger partial charge in [0.2, 0.25) is 5.91 Å². The zero-order valence-corrected chi connectivity index (χ0v) is 9.05. The van der Waals surface area contributed by atoms with Crippen molar-refractivity contribution in [1.29, 1.82) is 0 Å². The molecule has 0 aliphatic carbocycles. The summed E-state index contributed by atoms with van der Waals surface area (Å²) in [5.41, 5.74) is 1.12. The second-order valence-electron chi connectivity index (χ2n) is 3.36. The number of carbonyl (C=O) groups excluding carboxylic acids is 1. The Hall–Kier alpha value is -1.83. The van der Waals surface area contributed by atoms with Crippen molar-refractivity contribution < 1.29 is 4.79 Å². The molecule has 0 heterocycles. The number of amides is 1. The van der Waals surface area contributed by atoms with E-state index in [0.29, 0.717) is 0 Å². The fourth-order valence-electron chi connectivity index (χ4n) is 1.02. The van der Waals surface area contributed by atoms with E-state index in [1.54, 1.807) is 26.2 Å². The topological polar surface area (TPSA) is 20.3 Å². The molecule has 1 amide bonds.